The molecule has 4 rings (SSSR count). The molecule has 3 N–H and O–H groups in total. The molecule has 4 aromatic rings. The monoisotopic (exact) mass is 480 g/mol. The highest BCUT2D eigenvalue weighted by Gasteiger charge is 2.19. The molecule has 3 aromatic carbocycles. The normalized spacial score (nSPS) is 11.7. The summed E-state index contributed by atoms with van der Waals surface area (Å²) in [6, 6.07) is 19.0. The maximum Gasteiger partial charge on any atom is 0.255 e. The lowest BCUT2D eigenvalue weighted by atomic mass is 10.0. The van der Waals surface area contributed by atoms with Gasteiger partial charge in [-0.15, -0.1) is 0 Å². The van der Waals surface area contributed by atoms with Gasteiger partial charge in [-0.05, 0) is 75.1 Å². The number of aliphatic hydroxyl groups excluding tert-OH is 1. The molecule has 1 atom stereocenters. The fourth-order valence-electron chi connectivity index (χ4n) is 4.28. The summed E-state index contributed by atoms with van der Waals surface area (Å²) in [5.74, 6) is 6.64. The van der Waals surface area contributed by atoms with E-state index >= 15 is 0 Å². The van der Waals surface area contributed by atoms with Crippen LogP contribution < -0.4 is 10.1 Å². The molecule has 0 aliphatic carbocycles. The smallest absolute Gasteiger partial charge is 0.255 e. The summed E-state index contributed by atoms with van der Waals surface area (Å²) in [7, 11) is 0. The maximum absolute atomic E-state index is 13.4. The summed E-state index contributed by atoms with van der Waals surface area (Å²) < 4.78 is 5.92. The van der Waals surface area contributed by atoms with E-state index in [1.807, 2.05) is 82.4 Å². The van der Waals surface area contributed by atoms with E-state index in [1.54, 1.807) is 12.1 Å². The van der Waals surface area contributed by atoms with Gasteiger partial charge >= 0.3 is 0 Å². The van der Waals surface area contributed by atoms with Crippen molar-refractivity contribution in [2.24, 2.45) is 0 Å². The van der Waals surface area contributed by atoms with Crippen molar-refractivity contribution in [3.8, 4) is 17.6 Å². The number of ether oxygens (including phenoxy) is 1. The summed E-state index contributed by atoms with van der Waals surface area (Å²) in [5, 5.41) is 14.1. The Kier molecular flexibility index (Phi) is 7.77. The highest BCUT2D eigenvalue weighted by Crippen LogP contribution is 2.23. The molecule has 0 fully saturated rings. The van der Waals surface area contributed by atoms with Crippen molar-refractivity contribution in [3.05, 3.63) is 100 Å². The summed E-state index contributed by atoms with van der Waals surface area (Å²) in [5.41, 5.74) is 6.40. The van der Waals surface area contributed by atoms with Crippen LogP contribution in [0.2, 0.25) is 0 Å². The number of hydrogen-bond acceptors (Lipinski definition) is 3. The third kappa shape index (κ3) is 5.79. The molecule has 5 heteroatoms. The lowest BCUT2D eigenvalue weighted by molar-refractivity contribution is 0.0910. The first kappa shape index (κ1) is 25.1. The summed E-state index contributed by atoms with van der Waals surface area (Å²) in [6.07, 6.45) is 2.33. The van der Waals surface area contributed by atoms with E-state index in [4.69, 9.17) is 4.74 Å². The van der Waals surface area contributed by atoms with Gasteiger partial charge in [-0.25, -0.2) is 0 Å². The molecule has 0 aliphatic heterocycles. The zero-order chi connectivity index (χ0) is 25.7. The van der Waals surface area contributed by atoms with Crippen LogP contribution in [0.3, 0.4) is 0 Å². The number of aliphatic hydroxyl groups is 1. The summed E-state index contributed by atoms with van der Waals surface area (Å²) >= 11 is 0. The highest BCUT2D eigenvalue weighted by atomic mass is 16.5. The van der Waals surface area contributed by atoms with Gasteiger partial charge in [0, 0.05) is 28.2 Å². The van der Waals surface area contributed by atoms with Crippen molar-refractivity contribution in [1.82, 2.24) is 10.3 Å². The molecule has 0 unspecified atom stereocenters. The molecule has 0 bridgehead atoms. The van der Waals surface area contributed by atoms with E-state index < -0.39 is 6.04 Å². The average molecular weight is 481 g/mol. The molecule has 184 valence electrons. The first-order chi connectivity index (χ1) is 17.4. The standard InChI is InChI=1S/C31H32N2O3/c1-20(2)36-30-15-13-23(12-14-26-21(3)8-7-9-22(26)4)16-28(30)31(35)33-25(19-34)17-24-18-32-29-11-6-5-10-27(24)29/h5-11,13,15-16,18,20,25,32,34H,17,19H2,1-4H3,(H,33,35)/t25-/m1/s1. The Morgan fingerprint density at radius 3 is 2.50 bits per heavy atom. The number of aromatic nitrogens is 1. The fourth-order valence-corrected chi connectivity index (χ4v) is 4.28. The second-order valence-corrected chi connectivity index (χ2v) is 9.31. The third-order valence-electron chi connectivity index (χ3n) is 6.10. The second-order valence-electron chi connectivity index (χ2n) is 9.31. The molecule has 1 heterocycles. The summed E-state index contributed by atoms with van der Waals surface area (Å²) in [6.45, 7) is 7.74. The van der Waals surface area contributed by atoms with Crippen LogP contribution in [0.15, 0.2) is 66.9 Å². The SMILES string of the molecule is Cc1cccc(C)c1C#Cc1ccc(OC(C)C)c(C(=O)N[C@@H](CO)Cc2c[nH]c3ccccc23)c1. The minimum absolute atomic E-state index is 0.0945. The fraction of sp³-hybridized carbons (Fsp3) is 0.258. The van der Waals surface area contributed by atoms with Crippen molar-refractivity contribution in [3.63, 3.8) is 0 Å². The van der Waals surface area contributed by atoms with Crippen molar-refractivity contribution in [2.45, 2.75) is 46.3 Å². The van der Waals surface area contributed by atoms with Gasteiger partial charge in [-0.1, -0.05) is 48.2 Å². The molecule has 0 spiro atoms. The predicted molar refractivity (Wildman–Crippen MR) is 144 cm³/mol. The zero-order valence-electron chi connectivity index (χ0n) is 21.2. The lowest BCUT2D eigenvalue weighted by Gasteiger charge is -2.19. The number of benzene rings is 3. The number of H-pyrrole nitrogens is 1. The van der Waals surface area contributed by atoms with Gasteiger partial charge in [0.15, 0.2) is 0 Å². The second kappa shape index (κ2) is 11.2. The molecule has 0 saturated carbocycles. The largest absolute Gasteiger partial charge is 0.490 e. The number of carbonyl (C=O) groups excluding carboxylic acids is 1. The number of aryl methyl sites for hydroxylation is 2. The number of para-hydroxylation sites is 1. The molecule has 1 amide bonds. The first-order valence-electron chi connectivity index (χ1n) is 12.2. The number of aromatic amines is 1. The van der Waals surface area contributed by atoms with Crippen molar-refractivity contribution in [1.29, 1.82) is 0 Å². The Morgan fingerprint density at radius 1 is 1.03 bits per heavy atom. The number of nitrogens with one attached hydrogen (secondary N) is 2. The highest BCUT2D eigenvalue weighted by molar-refractivity contribution is 5.97. The van der Waals surface area contributed by atoms with E-state index in [9.17, 15) is 9.90 Å². The van der Waals surface area contributed by atoms with Crippen LogP contribution in [0.25, 0.3) is 10.9 Å². The van der Waals surface area contributed by atoms with Gasteiger partial charge in [-0.2, -0.15) is 0 Å². The predicted octanol–water partition coefficient (Wildman–Crippen LogP) is 5.31. The molecule has 5 nitrogen and oxygen atoms in total. The number of amides is 1. The van der Waals surface area contributed by atoms with E-state index in [0.717, 1.165) is 38.7 Å². The van der Waals surface area contributed by atoms with Crippen LogP contribution in [0.1, 0.15) is 52.0 Å². The number of hydrogen-bond donors (Lipinski definition) is 3. The van der Waals surface area contributed by atoms with Crippen LogP contribution in [0.4, 0.5) is 0 Å². The van der Waals surface area contributed by atoms with Crippen molar-refractivity contribution < 1.29 is 14.6 Å². The number of fused-ring (bicyclic) bond motifs is 1. The van der Waals surface area contributed by atoms with Crippen LogP contribution in [-0.4, -0.2) is 34.8 Å². The van der Waals surface area contributed by atoms with E-state index in [2.05, 4.69) is 22.1 Å². The number of carbonyl (C=O) groups is 1. The van der Waals surface area contributed by atoms with Crippen LogP contribution in [-0.2, 0) is 6.42 Å². The van der Waals surface area contributed by atoms with Gasteiger partial charge in [0.25, 0.3) is 5.91 Å². The molecule has 0 aliphatic rings. The molecule has 0 radical (unpaired) electrons. The van der Waals surface area contributed by atoms with E-state index in [1.165, 1.54) is 0 Å². The Hall–Kier alpha value is -4.01. The Morgan fingerprint density at radius 2 is 1.78 bits per heavy atom. The molecule has 0 saturated heterocycles. The molecular formula is C31H32N2O3. The van der Waals surface area contributed by atoms with Crippen LogP contribution >= 0.6 is 0 Å². The van der Waals surface area contributed by atoms with E-state index in [-0.39, 0.29) is 18.6 Å². The molecule has 1 aromatic heterocycles. The van der Waals surface area contributed by atoms with Gasteiger partial charge in [-0.3, -0.25) is 4.79 Å². The van der Waals surface area contributed by atoms with Crippen molar-refractivity contribution in [2.75, 3.05) is 6.61 Å². The topological polar surface area (TPSA) is 74.3 Å². The minimum Gasteiger partial charge on any atom is -0.490 e. The Bertz CT molecular complexity index is 1420. The quantitative estimate of drug-likeness (QED) is 0.314. The Balaban J connectivity index is 1.60. The van der Waals surface area contributed by atoms with Gasteiger partial charge in [0.1, 0.15) is 5.75 Å². The summed E-state index contributed by atoms with van der Waals surface area (Å²) in [4.78, 5) is 16.6. The first-order valence-corrected chi connectivity index (χ1v) is 12.2. The van der Waals surface area contributed by atoms with Crippen LogP contribution in [0.5, 0.6) is 5.75 Å². The van der Waals surface area contributed by atoms with Crippen molar-refractivity contribution >= 4 is 16.8 Å². The molecular weight excluding hydrogens is 448 g/mol. The lowest BCUT2D eigenvalue weighted by Crippen LogP contribution is -2.39. The average Bonchev–Trinajstić information content (AvgIpc) is 3.26. The van der Waals surface area contributed by atoms with E-state index in [0.29, 0.717) is 17.7 Å². The maximum atomic E-state index is 13.4. The Labute approximate surface area is 212 Å². The van der Waals surface area contributed by atoms with Gasteiger partial charge in [0.05, 0.1) is 24.3 Å². The van der Waals surface area contributed by atoms with Gasteiger partial charge < -0.3 is 20.1 Å². The van der Waals surface area contributed by atoms with Gasteiger partial charge in [0.2, 0.25) is 0 Å². The third-order valence-corrected chi connectivity index (χ3v) is 6.10. The zero-order valence-corrected chi connectivity index (χ0v) is 21.2. The number of rotatable bonds is 7. The molecule has 36 heavy (non-hydrogen) atoms. The minimum atomic E-state index is -0.451. The van der Waals surface area contributed by atoms with Crippen LogP contribution in [0, 0.1) is 25.7 Å².